The van der Waals surface area contributed by atoms with E-state index < -0.39 is 5.97 Å². The molecule has 5 nitrogen and oxygen atoms in total. The van der Waals surface area contributed by atoms with Gasteiger partial charge >= 0.3 is 5.97 Å². The van der Waals surface area contributed by atoms with Gasteiger partial charge in [-0.05, 0) is 41.6 Å². The van der Waals surface area contributed by atoms with Crippen molar-refractivity contribution in [2.75, 3.05) is 7.11 Å². The predicted octanol–water partition coefficient (Wildman–Crippen LogP) is 2.56. The second-order valence-corrected chi connectivity index (χ2v) is 4.99. The van der Waals surface area contributed by atoms with Crippen molar-refractivity contribution in [2.24, 2.45) is 0 Å². The number of halogens is 1. The number of aromatic hydroxyl groups is 1. The molecule has 0 aliphatic rings. The van der Waals surface area contributed by atoms with Crippen LogP contribution in [0.5, 0.6) is 11.5 Å². The Morgan fingerprint density at radius 3 is 2.67 bits per heavy atom. The first kappa shape index (κ1) is 12.9. The van der Waals surface area contributed by atoms with E-state index in [1.165, 1.54) is 7.11 Å². The summed E-state index contributed by atoms with van der Waals surface area (Å²) >= 11 is 2.12. The molecule has 0 atom stereocenters. The first-order valence-corrected chi connectivity index (χ1v) is 6.13. The molecule has 0 unspecified atom stereocenters. The number of ether oxygens (including phenoxy) is 1. The van der Waals surface area contributed by atoms with Gasteiger partial charge in [-0.3, -0.25) is 0 Å². The number of methoxy groups -OCH3 is 1. The van der Waals surface area contributed by atoms with Crippen LogP contribution in [0.1, 0.15) is 16.1 Å². The van der Waals surface area contributed by atoms with Gasteiger partial charge in [-0.2, -0.15) is 0 Å². The minimum atomic E-state index is -1.27. The Kier molecular flexibility index (Phi) is 3.29. The third-order valence-electron chi connectivity index (χ3n) is 2.67. The van der Waals surface area contributed by atoms with E-state index in [9.17, 15) is 9.90 Å². The molecule has 94 valence electrons. The summed E-state index contributed by atoms with van der Waals surface area (Å²) in [5, 5.41) is 19.5. The van der Waals surface area contributed by atoms with Gasteiger partial charge < -0.3 is 14.9 Å². The monoisotopic (exact) mass is 359 g/mol. The first-order chi connectivity index (χ1) is 8.45. The zero-order valence-electron chi connectivity index (χ0n) is 9.69. The predicted molar refractivity (Wildman–Crippen MR) is 74.4 cm³/mol. The summed E-state index contributed by atoms with van der Waals surface area (Å²) in [5.41, 5.74) is 0.555. The maximum Gasteiger partial charge on any atom is 0.358 e. The van der Waals surface area contributed by atoms with Crippen LogP contribution in [0, 0.1) is 10.5 Å². The number of aromatic carboxylic acids is 1. The molecule has 0 fully saturated rings. The number of benzene rings is 1. The Labute approximate surface area is 117 Å². The van der Waals surface area contributed by atoms with Gasteiger partial charge in [0.05, 0.1) is 7.11 Å². The van der Waals surface area contributed by atoms with E-state index in [0.29, 0.717) is 22.2 Å². The molecule has 1 heterocycles. The Morgan fingerprint density at radius 2 is 2.11 bits per heavy atom. The zero-order chi connectivity index (χ0) is 13.4. The Bertz CT molecular complexity index is 654. The fourth-order valence-corrected chi connectivity index (χ4v) is 2.34. The van der Waals surface area contributed by atoms with Gasteiger partial charge in [0.1, 0.15) is 11.3 Å². The van der Waals surface area contributed by atoms with Crippen LogP contribution >= 0.6 is 22.6 Å². The highest BCUT2D eigenvalue weighted by Crippen LogP contribution is 2.34. The van der Waals surface area contributed by atoms with Gasteiger partial charge in [0.2, 0.25) is 0 Å². The molecule has 6 heteroatoms. The number of nitrogens with zero attached hydrogens (tertiary/aromatic N) is 1. The number of carboxylic acid groups (broad SMARTS) is 1. The van der Waals surface area contributed by atoms with Crippen LogP contribution in [0.15, 0.2) is 12.1 Å². The molecule has 0 saturated heterocycles. The van der Waals surface area contributed by atoms with Crippen molar-refractivity contribution in [3.8, 4) is 11.5 Å². The number of aryl methyl sites for hydroxylation is 1. The number of carbonyl (C=O) groups is 1. The van der Waals surface area contributed by atoms with E-state index in [1.54, 1.807) is 13.0 Å². The number of fused-ring (bicyclic) bond motifs is 1. The summed E-state index contributed by atoms with van der Waals surface area (Å²) in [6.45, 7) is 1.65. The largest absolute Gasteiger partial charge is 0.505 e. The molecule has 0 bridgehead atoms. The molecule has 2 rings (SSSR count). The summed E-state index contributed by atoms with van der Waals surface area (Å²) in [4.78, 5) is 15.0. The van der Waals surface area contributed by atoms with Gasteiger partial charge in [-0.15, -0.1) is 0 Å². The van der Waals surface area contributed by atoms with Crippen LogP contribution < -0.4 is 4.74 Å². The summed E-state index contributed by atoms with van der Waals surface area (Å²) in [7, 11) is 1.50. The molecular formula is C12H10INO4. The lowest BCUT2D eigenvalue weighted by atomic mass is 10.1. The quantitative estimate of drug-likeness (QED) is 0.806. The number of aromatic nitrogens is 1. The lowest BCUT2D eigenvalue weighted by Gasteiger charge is -2.11. The van der Waals surface area contributed by atoms with Crippen molar-refractivity contribution >= 4 is 39.5 Å². The first-order valence-electron chi connectivity index (χ1n) is 5.05. The van der Waals surface area contributed by atoms with Crippen LogP contribution in [0.3, 0.4) is 0 Å². The summed E-state index contributed by atoms with van der Waals surface area (Å²) in [5.74, 6) is -1.08. The molecular weight excluding hydrogens is 349 g/mol. The van der Waals surface area contributed by atoms with Crippen molar-refractivity contribution in [1.82, 2.24) is 4.98 Å². The number of hydrogen-bond acceptors (Lipinski definition) is 4. The molecule has 18 heavy (non-hydrogen) atoms. The summed E-state index contributed by atoms with van der Waals surface area (Å²) in [6, 6.07) is 3.59. The highest BCUT2D eigenvalue weighted by atomic mass is 127. The van der Waals surface area contributed by atoms with Crippen LogP contribution in [-0.4, -0.2) is 28.3 Å². The Hall–Kier alpha value is -1.57. The molecule has 0 amide bonds. The second kappa shape index (κ2) is 4.60. The van der Waals surface area contributed by atoms with Gasteiger partial charge in [0, 0.05) is 14.5 Å². The Morgan fingerprint density at radius 1 is 1.44 bits per heavy atom. The molecule has 0 aliphatic heterocycles. The maximum atomic E-state index is 11.0. The minimum absolute atomic E-state index is 0.306. The van der Waals surface area contributed by atoms with Gasteiger partial charge in [0.15, 0.2) is 11.4 Å². The molecule has 1 aromatic carbocycles. The van der Waals surface area contributed by atoms with Gasteiger partial charge in [-0.1, -0.05) is 0 Å². The van der Waals surface area contributed by atoms with E-state index in [2.05, 4.69) is 27.6 Å². The fourth-order valence-electron chi connectivity index (χ4n) is 1.75. The van der Waals surface area contributed by atoms with Crippen molar-refractivity contribution in [2.45, 2.75) is 6.92 Å². The summed E-state index contributed by atoms with van der Waals surface area (Å²) in [6.07, 6.45) is 0. The zero-order valence-corrected chi connectivity index (χ0v) is 11.8. The minimum Gasteiger partial charge on any atom is -0.505 e. The van der Waals surface area contributed by atoms with Crippen LogP contribution in [0.25, 0.3) is 10.9 Å². The maximum absolute atomic E-state index is 11.0. The van der Waals surface area contributed by atoms with Crippen molar-refractivity contribution < 1.29 is 19.7 Å². The average Bonchev–Trinajstić information content (AvgIpc) is 2.32. The molecule has 2 N–H and O–H groups in total. The normalized spacial score (nSPS) is 10.6. The number of hydrogen-bond donors (Lipinski definition) is 2. The van der Waals surface area contributed by atoms with E-state index >= 15 is 0 Å². The van der Waals surface area contributed by atoms with Crippen molar-refractivity contribution in [1.29, 1.82) is 0 Å². The van der Waals surface area contributed by atoms with Crippen LogP contribution in [0.2, 0.25) is 0 Å². The average molecular weight is 359 g/mol. The standard InChI is InChI=1S/C12H10INO4/c1-5-7-3-6(13)4-8(18-2)9(7)14-10(11(5)15)12(16)17/h3-4,15H,1-2H3,(H,16,17). The molecule has 0 spiro atoms. The highest BCUT2D eigenvalue weighted by Gasteiger charge is 2.19. The van der Waals surface area contributed by atoms with E-state index in [0.717, 1.165) is 3.57 Å². The molecule has 0 saturated carbocycles. The fraction of sp³-hybridized carbons (Fsp3) is 0.167. The van der Waals surface area contributed by atoms with E-state index in [4.69, 9.17) is 9.84 Å². The third kappa shape index (κ3) is 1.96. The third-order valence-corrected chi connectivity index (χ3v) is 3.29. The lowest BCUT2D eigenvalue weighted by molar-refractivity contribution is 0.0687. The molecule has 2 aromatic rings. The van der Waals surface area contributed by atoms with E-state index in [1.807, 2.05) is 6.07 Å². The van der Waals surface area contributed by atoms with Gasteiger partial charge in [0.25, 0.3) is 0 Å². The SMILES string of the molecule is COc1cc(I)cc2c(C)c(O)c(C(=O)O)nc12. The Balaban J connectivity index is 2.94. The number of rotatable bonds is 2. The smallest absolute Gasteiger partial charge is 0.358 e. The second-order valence-electron chi connectivity index (χ2n) is 3.74. The molecule has 0 aliphatic carbocycles. The molecule has 0 radical (unpaired) electrons. The topological polar surface area (TPSA) is 79.7 Å². The van der Waals surface area contributed by atoms with Crippen LogP contribution in [0.4, 0.5) is 0 Å². The van der Waals surface area contributed by atoms with Crippen molar-refractivity contribution in [3.05, 3.63) is 27.0 Å². The lowest BCUT2D eigenvalue weighted by Crippen LogP contribution is -2.03. The summed E-state index contributed by atoms with van der Waals surface area (Å²) < 4.78 is 6.12. The number of pyridine rings is 1. The number of carboxylic acids is 1. The molecule has 1 aromatic heterocycles. The van der Waals surface area contributed by atoms with E-state index in [-0.39, 0.29) is 11.4 Å². The van der Waals surface area contributed by atoms with Gasteiger partial charge in [-0.25, -0.2) is 9.78 Å². The van der Waals surface area contributed by atoms with Crippen LogP contribution in [-0.2, 0) is 0 Å². The van der Waals surface area contributed by atoms with Crippen molar-refractivity contribution in [3.63, 3.8) is 0 Å². The highest BCUT2D eigenvalue weighted by molar-refractivity contribution is 14.1.